The first-order valence-electron chi connectivity index (χ1n) is 12.4. The number of ether oxygens (including phenoxy) is 1. The lowest BCUT2D eigenvalue weighted by atomic mass is 9.88. The van der Waals surface area contributed by atoms with Crippen molar-refractivity contribution < 1.29 is 19.4 Å². The lowest BCUT2D eigenvalue weighted by molar-refractivity contribution is -0.133. The highest BCUT2D eigenvalue weighted by molar-refractivity contribution is 7.98. The molecule has 2 fully saturated rings. The lowest BCUT2D eigenvalue weighted by Crippen LogP contribution is -2.45. The molecule has 2 bridgehead atoms. The number of hydrogen-bond acceptors (Lipinski definition) is 6. The summed E-state index contributed by atoms with van der Waals surface area (Å²) in [7, 11) is 0. The highest BCUT2D eigenvalue weighted by Gasteiger charge is 2.36. The van der Waals surface area contributed by atoms with Crippen molar-refractivity contribution in [1.29, 1.82) is 0 Å². The number of nitrogens with zero attached hydrogens (tertiary/aromatic N) is 1. The number of carbonyl (C=O) groups excluding carboxylic acids is 2. The van der Waals surface area contributed by atoms with E-state index >= 15 is 0 Å². The topological polar surface area (TPSA) is 90.9 Å². The van der Waals surface area contributed by atoms with Gasteiger partial charge in [0.2, 0.25) is 11.8 Å². The molecule has 7 nitrogen and oxygen atoms in total. The number of anilines is 1. The van der Waals surface area contributed by atoms with Gasteiger partial charge in [-0.1, -0.05) is 30.3 Å². The molecular weight excluding hydrogens is 462 g/mol. The molecule has 2 saturated heterocycles. The van der Waals surface area contributed by atoms with E-state index in [0.717, 1.165) is 42.6 Å². The zero-order valence-electron chi connectivity index (χ0n) is 20.0. The molecule has 186 valence electrons. The zero-order chi connectivity index (χ0) is 24.4. The van der Waals surface area contributed by atoms with Crippen molar-refractivity contribution in [1.82, 2.24) is 10.2 Å². The molecule has 0 radical (unpaired) electrons. The molecule has 3 aliphatic heterocycles. The highest BCUT2D eigenvalue weighted by atomic mass is 32.2. The maximum Gasteiger partial charge on any atom is 0.242 e. The Hall–Kier alpha value is -2.55. The minimum absolute atomic E-state index is 0.0179. The Morgan fingerprint density at radius 1 is 1.23 bits per heavy atom. The summed E-state index contributed by atoms with van der Waals surface area (Å²) in [6, 6.07) is 14.5. The van der Waals surface area contributed by atoms with E-state index in [4.69, 9.17) is 4.74 Å². The molecule has 3 aliphatic rings. The second kappa shape index (κ2) is 10.6. The average molecular weight is 496 g/mol. The molecule has 5 rings (SSSR count). The molecule has 3 N–H and O–H groups in total. The third-order valence-corrected chi connectivity index (χ3v) is 8.16. The van der Waals surface area contributed by atoms with E-state index in [1.807, 2.05) is 29.2 Å². The van der Waals surface area contributed by atoms with E-state index in [9.17, 15) is 14.7 Å². The summed E-state index contributed by atoms with van der Waals surface area (Å²) in [5, 5.41) is 16.3. The Morgan fingerprint density at radius 2 is 2.09 bits per heavy atom. The van der Waals surface area contributed by atoms with Crippen molar-refractivity contribution in [2.75, 3.05) is 31.3 Å². The van der Waals surface area contributed by atoms with Crippen LogP contribution in [0.2, 0.25) is 0 Å². The molecule has 2 amide bonds. The van der Waals surface area contributed by atoms with Crippen LogP contribution < -0.4 is 10.6 Å². The van der Waals surface area contributed by atoms with Gasteiger partial charge in [0.15, 0.2) is 0 Å². The smallest absolute Gasteiger partial charge is 0.242 e. The molecule has 2 aromatic rings. The second-order valence-electron chi connectivity index (χ2n) is 9.56. The number of thioether (sulfide) groups is 1. The van der Waals surface area contributed by atoms with Gasteiger partial charge in [-0.2, -0.15) is 0 Å². The van der Waals surface area contributed by atoms with Crippen molar-refractivity contribution in [2.24, 2.45) is 0 Å². The number of rotatable bonds is 7. The standard InChI is InChI=1S/C27H33N3O4S/c1-35-25-7-3-2-5-18(25)22-6-4-12-30(22)27(33)15-28-26(32)11-9-17-8-10-20-19(13-17)24-14-21(29-20)23(31)16-34-24/h2-3,5,7-8,10,13,21-24,29,31H,4,6,9,11-12,14-16H2,1H3,(H,28,32)/t21-,22+,23+,24?/m0/s1. The first-order valence-corrected chi connectivity index (χ1v) is 13.6. The van der Waals surface area contributed by atoms with Crippen molar-refractivity contribution in [3.05, 3.63) is 59.2 Å². The van der Waals surface area contributed by atoms with Crippen LogP contribution in [0.15, 0.2) is 47.4 Å². The number of aliphatic hydroxyl groups excluding tert-OH is 1. The van der Waals surface area contributed by atoms with Crippen LogP contribution in [0, 0.1) is 0 Å². The quantitative estimate of drug-likeness (QED) is 0.510. The Kier molecular flexibility index (Phi) is 7.32. The molecule has 0 saturated carbocycles. The SMILES string of the molecule is CSc1ccccc1[C@H]1CCCN1C(=O)CNC(=O)CCc1ccc2c(c1)C1C[C@H](N2)[C@H](O)CO1. The lowest BCUT2D eigenvalue weighted by Gasteiger charge is -2.40. The van der Waals surface area contributed by atoms with Gasteiger partial charge in [0.25, 0.3) is 0 Å². The number of aliphatic hydroxyl groups is 1. The van der Waals surface area contributed by atoms with Crippen molar-refractivity contribution in [3.8, 4) is 0 Å². The zero-order valence-corrected chi connectivity index (χ0v) is 20.9. The second-order valence-corrected chi connectivity index (χ2v) is 10.4. The van der Waals surface area contributed by atoms with Gasteiger partial charge in [-0.25, -0.2) is 0 Å². The van der Waals surface area contributed by atoms with Crippen LogP contribution in [0.25, 0.3) is 0 Å². The summed E-state index contributed by atoms with van der Waals surface area (Å²) < 4.78 is 5.82. The molecule has 1 unspecified atom stereocenters. The van der Waals surface area contributed by atoms with Crippen LogP contribution in [0.5, 0.6) is 0 Å². The maximum atomic E-state index is 13.0. The predicted octanol–water partition coefficient (Wildman–Crippen LogP) is 3.44. The van der Waals surface area contributed by atoms with Gasteiger partial charge in [-0.3, -0.25) is 9.59 Å². The summed E-state index contributed by atoms with van der Waals surface area (Å²) in [6.45, 7) is 1.10. The van der Waals surface area contributed by atoms with E-state index in [1.165, 1.54) is 10.5 Å². The van der Waals surface area contributed by atoms with Gasteiger partial charge in [0.1, 0.15) is 0 Å². The summed E-state index contributed by atoms with van der Waals surface area (Å²) in [5.74, 6) is -0.144. The average Bonchev–Trinajstić information content (AvgIpc) is 3.38. The van der Waals surface area contributed by atoms with E-state index in [2.05, 4.69) is 35.1 Å². The minimum Gasteiger partial charge on any atom is -0.389 e. The van der Waals surface area contributed by atoms with E-state index in [0.29, 0.717) is 19.4 Å². The third kappa shape index (κ3) is 5.20. The molecule has 3 heterocycles. The van der Waals surface area contributed by atoms with Crippen LogP contribution in [-0.2, 0) is 20.7 Å². The molecule has 0 spiro atoms. The minimum atomic E-state index is -0.485. The first-order chi connectivity index (χ1) is 17.0. The molecule has 0 aliphatic carbocycles. The van der Waals surface area contributed by atoms with Crippen LogP contribution in [0.1, 0.15) is 54.5 Å². The fraction of sp³-hybridized carbons (Fsp3) is 0.481. The van der Waals surface area contributed by atoms with Crippen molar-refractivity contribution in [2.45, 2.75) is 61.3 Å². The van der Waals surface area contributed by atoms with Crippen LogP contribution in [0.3, 0.4) is 0 Å². The molecule has 8 heteroatoms. The van der Waals surface area contributed by atoms with E-state index in [-0.39, 0.29) is 36.5 Å². The largest absolute Gasteiger partial charge is 0.389 e. The molecule has 35 heavy (non-hydrogen) atoms. The first kappa shape index (κ1) is 24.2. The monoisotopic (exact) mass is 495 g/mol. The number of aryl methyl sites for hydroxylation is 1. The number of benzene rings is 2. The van der Waals surface area contributed by atoms with E-state index < -0.39 is 6.10 Å². The van der Waals surface area contributed by atoms with Crippen LogP contribution in [-0.4, -0.2) is 59.9 Å². The Bertz CT molecular complexity index is 1090. The van der Waals surface area contributed by atoms with Crippen molar-refractivity contribution >= 4 is 29.3 Å². The van der Waals surface area contributed by atoms with Gasteiger partial charge < -0.3 is 25.4 Å². The fourth-order valence-electron chi connectivity index (χ4n) is 5.48. The summed E-state index contributed by atoms with van der Waals surface area (Å²) in [5.41, 5.74) is 4.34. The van der Waals surface area contributed by atoms with Crippen LogP contribution in [0.4, 0.5) is 5.69 Å². The predicted molar refractivity (Wildman–Crippen MR) is 136 cm³/mol. The Balaban J connectivity index is 1.14. The normalized spacial score (nSPS) is 25.0. The number of carbonyl (C=O) groups is 2. The van der Waals surface area contributed by atoms with Gasteiger partial charge in [-0.05, 0) is 48.8 Å². The molecule has 0 aromatic heterocycles. The maximum absolute atomic E-state index is 13.0. The van der Waals surface area contributed by atoms with Gasteiger partial charge in [-0.15, -0.1) is 11.8 Å². The number of nitrogens with one attached hydrogen (secondary N) is 2. The Morgan fingerprint density at radius 3 is 2.94 bits per heavy atom. The molecule has 4 atom stereocenters. The number of likely N-dealkylation sites (tertiary alicyclic amines) is 1. The number of hydrogen-bond donors (Lipinski definition) is 3. The third-order valence-electron chi connectivity index (χ3n) is 7.35. The van der Waals surface area contributed by atoms with Crippen LogP contribution >= 0.6 is 11.8 Å². The number of amides is 2. The number of fused-ring (bicyclic) bond motifs is 4. The highest BCUT2D eigenvalue weighted by Crippen LogP contribution is 2.40. The molecule has 2 aromatic carbocycles. The Labute approximate surface area is 210 Å². The van der Waals surface area contributed by atoms with E-state index in [1.54, 1.807) is 11.8 Å². The van der Waals surface area contributed by atoms with Crippen molar-refractivity contribution in [3.63, 3.8) is 0 Å². The van der Waals surface area contributed by atoms with Gasteiger partial charge in [0, 0.05) is 35.5 Å². The van der Waals surface area contributed by atoms with Gasteiger partial charge in [0.05, 0.1) is 37.4 Å². The summed E-state index contributed by atoms with van der Waals surface area (Å²) in [6.07, 6.45) is 5.16. The molecular formula is C27H33N3O4S. The summed E-state index contributed by atoms with van der Waals surface area (Å²) in [4.78, 5) is 28.6. The fourth-order valence-corrected chi connectivity index (χ4v) is 6.13. The van der Waals surface area contributed by atoms with Gasteiger partial charge >= 0.3 is 0 Å². The summed E-state index contributed by atoms with van der Waals surface area (Å²) >= 11 is 1.70.